The molecule has 8 aliphatic carbocycles. The number of unbranched alkanes of at least 4 members (excludes halogenated alkanes) is 1. The van der Waals surface area contributed by atoms with Crippen LogP contribution in [0.4, 0.5) is 0 Å². The second kappa shape index (κ2) is 19.8. The van der Waals surface area contributed by atoms with Crippen LogP contribution < -0.4 is 0 Å². The highest BCUT2D eigenvalue weighted by Crippen LogP contribution is 2.79. The molecule has 8 nitrogen and oxygen atoms in total. The highest BCUT2D eigenvalue weighted by Gasteiger charge is 2.75. The summed E-state index contributed by atoms with van der Waals surface area (Å²) in [4.78, 5) is 0. The third-order valence-electron chi connectivity index (χ3n) is 24.2. The van der Waals surface area contributed by atoms with Gasteiger partial charge < -0.3 is 40.1 Å². The second-order valence-corrected chi connectivity index (χ2v) is 25.5. The molecule has 6 N–H and O–H groups in total. The maximum Gasteiger partial charge on any atom is 0.117 e. The van der Waals surface area contributed by atoms with Crippen molar-refractivity contribution in [3.63, 3.8) is 0 Å². The van der Waals surface area contributed by atoms with Crippen molar-refractivity contribution in [2.75, 3.05) is 27.4 Å². The summed E-state index contributed by atoms with van der Waals surface area (Å²) in [5.41, 5.74) is -5.85. The molecule has 0 bridgehead atoms. The lowest BCUT2D eigenvalue weighted by molar-refractivity contribution is -0.256. The van der Waals surface area contributed by atoms with Crippen LogP contribution in [0, 0.1) is 69.0 Å². The van der Waals surface area contributed by atoms with E-state index in [1.165, 1.54) is 36.6 Å². The molecule has 0 aliphatic heterocycles. The first-order valence-electron chi connectivity index (χ1n) is 27.0. The van der Waals surface area contributed by atoms with Crippen LogP contribution in [0.3, 0.4) is 0 Å². The summed E-state index contributed by atoms with van der Waals surface area (Å²) in [7, 11) is 33.8. The highest BCUT2D eigenvalue weighted by atomic mass is 127. The molecule has 0 amide bonds. The number of halogens is 1. The van der Waals surface area contributed by atoms with Crippen LogP contribution in [-0.2, 0) is 9.47 Å². The van der Waals surface area contributed by atoms with Crippen molar-refractivity contribution >= 4 is 69.3 Å². The average molecular weight is 1040 g/mol. The fourth-order valence-electron chi connectivity index (χ4n) is 19.9. The first-order chi connectivity index (χ1) is 31.9. The van der Waals surface area contributed by atoms with E-state index in [0.29, 0.717) is 49.4 Å². The largest absolute Gasteiger partial charge is 0.393 e. The first kappa shape index (κ1) is 55.5. The van der Waals surface area contributed by atoms with Crippen molar-refractivity contribution in [3.05, 3.63) is 0 Å². The maximum absolute atomic E-state index is 12.1. The SMILES string of the molecule is [2H]I.[B][B]C12CCC3C(C(O)CC4(C)C3CCC4(O)C(C)(CO)OC)C1(C)CCC(CC)C2[B].[B][B]C12CCC3C(C(O)CC4(C)C3CCC4(O)C(C)(CO)OC)C1(C)CCC(CCCC)C2[B]. The zero-order valence-electron chi connectivity index (χ0n) is 44.4. The van der Waals surface area contributed by atoms with Crippen molar-refractivity contribution in [1.82, 2.24) is 0 Å². The normalized spacial score (nSPS) is 52.8. The van der Waals surface area contributed by atoms with Gasteiger partial charge in [-0.05, 0) is 136 Å². The smallest absolute Gasteiger partial charge is 0.117 e. The molecule has 10 radical (unpaired) electrons. The van der Waals surface area contributed by atoms with Crippen molar-refractivity contribution < 1.29 is 40.1 Å². The van der Waals surface area contributed by atoms with Gasteiger partial charge in [-0.2, -0.15) is 0 Å². The number of rotatable bonds is 12. The van der Waals surface area contributed by atoms with Crippen LogP contribution >= 0.6 is 23.8 Å². The summed E-state index contributed by atoms with van der Waals surface area (Å²) >= 11 is 1.40. The average Bonchev–Trinajstić information content (AvgIpc) is 3.77. The van der Waals surface area contributed by atoms with Crippen LogP contribution in [0.1, 0.15) is 171 Å². The Labute approximate surface area is 431 Å². The van der Waals surface area contributed by atoms with Crippen molar-refractivity contribution in [3.8, 4) is 0 Å². The summed E-state index contributed by atoms with van der Waals surface area (Å²) in [5, 5.41) is 67.6. The Morgan fingerprint density at radius 1 is 0.627 bits per heavy atom. The summed E-state index contributed by atoms with van der Waals surface area (Å²) < 4.78 is 17.2. The third kappa shape index (κ3) is 7.55. The van der Waals surface area contributed by atoms with E-state index in [4.69, 9.17) is 41.2 Å². The Hall–Kier alpha value is 0.800. The van der Waals surface area contributed by atoms with Crippen molar-refractivity contribution in [2.45, 2.75) is 228 Å². The van der Waals surface area contributed by atoms with Gasteiger partial charge in [-0.3, -0.25) is 0 Å². The van der Waals surface area contributed by atoms with Gasteiger partial charge in [-0.25, -0.2) is 0 Å². The highest BCUT2D eigenvalue weighted by molar-refractivity contribution is 14.0. The zero-order valence-corrected chi connectivity index (χ0v) is 45.6. The summed E-state index contributed by atoms with van der Waals surface area (Å²) in [6.07, 6.45) is 15.6. The van der Waals surface area contributed by atoms with Gasteiger partial charge in [0.2, 0.25) is 0 Å². The minimum atomic E-state index is -1.19. The zero-order chi connectivity index (χ0) is 50.9. The van der Waals surface area contributed by atoms with Crippen LogP contribution in [0.25, 0.3) is 0 Å². The van der Waals surface area contributed by atoms with Gasteiger partial charge in [-0.15, -0.1) is 23.8 Å². The Bertz CT molecular complexity index is 1720. The lowest BCUT2D eigenvalue weighted by Gasteiger charge is -2.70. The first-order valence-corrected chi connectivity index (χ1v) is 26.7. The van der Waals surface area contributed by atoms with E-state index in [0.717, 1.165) is 77.0 Å². The predicted octanol–water partition coefficient (Wildman–Crippen LogP) is 7.50. The van der Waals surface area contributed by atoms with Gasteiger partial charge in [0.05, 0.1) is 55.5 Å². The van der Waals surface area contributed by atoms with E-state index in [1.54, 1.807) is 21.1 Å². The van der Waals surface area contributed by atoms with Crippen LogP contribution in [-0.4, -0.2) is 139 Å². The number of methoxy groups -OCH3 is 2. The Balaban J connectivity index is 0.000000216. The molecule has 8 aliphatic rings. The molecule has 0 heterocycles. The van der Waals surface area contributed by atoms with Gasteiger partial charge in [-0.1, -0.05) is 115 Å². The molecule has 0 saturated heterocycles. The fraction of sp³-hybridized carbons (Fsp3) is 1.00. The third-order valence-corrected chi connectivity index (χ3v) is 24.2. The Kier molecular flexibility index (Phi) is 16.4. The quantitative estimate of drug-likeness (QED) is 0.0874. The Morgan fingerprint density at radius 3 is 1.36 bits per heavy atom. The van der Waals surface area contributed by atoms with E-state index >= 15 is 0 Å². The monoisotopic (exact) mass is 1040 g/mol. The van der Waals surface area contributed by atoms with Gasteiger partial charge in [0, 0.05) is 40.5 Å². The van der Waals surface area contributed by atoms with Crippen molar-refractivity contribution in [2.24, 2.45) is 69.0 Å². The lowest BCUT2D eigenvalue weighted by Crippen LogP contribution is -2.68. The second-order valence-electron chi connectivity index (χ2n) is 25.5. The number of hydrogen-bond donors (Lipinski definition) is 6. The number of ether oxygens (including phenoxy) is 2. The molecule has 8 fully saturated rings. The molecule has 67 heavy (non-hydrogen) atoms. The maximum atomic E-state index is 12.1. The lowest BCUT2D eigenvalue weighted by atomic mass is 9.20. The molecular formula is C52H89B6IO8. The van der Waals surface area contributed by atoms with E-state index in [1.807, 2.05) is 21.3 Å². The molecule has 15 heteroatoms. The minimum absolute atomic E-state index is 0.0180. The van der Waals surface area contributed by atoms with Gasteiger partial charge >= 0.3 is 0 Å². The molecule has 22 unspecified atom stereocenters. The van der Waals surface area contributed by atoms with E-state index in [9.17, 15) is 30.6 Å². The van der Waals surface area contributed by atoms with E-state index in [2.05, 4.69) is 41.5 Å². The van der Waals surface area contributed by atoms with Gasteiger partial charge in [0.15, 0.2) is 0 Å². The molecule has 0 spiro atoms. The van der Waals surface area contributed by atoms with Gasteiger partial charge in [0.1, 0.15) is 23.0 Å². The molecule has 8 rings (SSSR count). The minimum Gasteiger partial charge on any atom is -0.393 e. The summed E-state index contributed by atoms with van der Waals surface area (Å²) in [6.45, 7) is 16.5. The van der Waals surface area contributed by atoms with E-state index < -0.39 is 45.4 Å². The Morgan fingerprint density at radius 2 is 1.01 bits per heavy atom. The standard InChI is InChI=1S/C27H46B3O4.C25H42B3O4.HI/c1-6-7-8-17-9-12-23(2)21-18(10-13-26(23,30-29)22(17)28)19-11-14-27(33,25(4,16-31)34-5)24(19,3)15-20(21)32;1-6-15-7-10-21(2)19-16(8-11-24(21,28-27)20(15)26)17-9-12-25(31,23(4,14-29)32-5)22(17,3)13-18(19)30;/h17-22,31-33H,6-16H2,1-5H3;15-20,29-31H,6-14H2,1-5H3;1H/i/hD. The van der Waals surface area contributed by atoms with Crippen molar-refractivity contribution in [1.29, 1.82) is 0.594 Å². The van der Waals surface area contributed by atoms with Crippen LogP contribution in [0.15, 0.2) is 0 Å². The molecule has 22 atom stereocenters. The topological polar surface area (TPSA) is 140 Å². The molecular weight excluding hydrogens is 944 g/mol. The van der Waals surface area contributed by atoms with Crippen LogP contribution in [0.2, 0.25) is 22.3 Å². The summed E-state index contributed by atoms with van der Waals surface area (Å²) in [5.74, 6) is 2.38. The molecule has 0 aromatic carbocycles. The molecule has 8 saturated carbocycles. The van der Waals surface area contributed by atoms with E-state index in [-0.39, 0.29) is 70.0 Å². The predicted molar refractivity (Wildman–Crippen MR) is 285 cm³/mol. The fourth-order valence-corrected chi connectivity index (χ4v) is 19.9. The number of hydrogen-bond acceptors (Lipinski definition) is 8. The summed E-state index contributed by atoms with van der Waals surface area (Å²) in [6, 6.07) is 0. The molecule has 0 aromatic heterocycles. The van der Waals surface area contributed by atoms with Gasteiger partial charge in [0.25, 0.3) is 0 Å². The van der Waals surface area contributed by atoms with Crippen LogP contribution in [0.5, 0.6) is 0 Å². The number of aliphatic hydroxyl groups is 6. The number of fused-ring (bicyclic) bond motifs is 10. The number of aliphatic hydroxyl groups excluding tert-OH is 4. The molecule has 0 aromatic rings. The molecule has 370 valence electrons.